The van der Waals surface area contributed by atoms with Gasteiger partial charge in [0.05, 0.1) is 0 Å². The molecular weight excluding hydrogens is 286 g/mol. The predicted octanol–water partition coefficient (Wildman–Crippen LogP) is 1.16. The Balaban J connectivity index is 1.56. The molecule has 128 valence electrons. The minimum atomic E-state index is 0.566. The van der Waals surface area contributed by atoms with Crippen LogP contribution in [0.25, 0.3) is 0 Å². The number of nitrogens with one attached hydrogen (secondary N) is 1. The maximum atomic E-state index is 5.92. The third-order valence-electron chi connectivity index (χ3n) is 4.29. The van der Waals surface area contributed by atoms with Crippen LogP contribution in [0.15, 0.2) is 35.3 Å². The van der Waals surface area contributed by atoms with Gasteiger partial charge in [0.25, 0.3) is 0 Å². The Hall–Kier alpha value is -1.59. The SMILES string of the molecule is CN1CCCN(CCCN=C(N)NCCc2ccccc2)CC1. The average molecular weight is 317 g/mol. The number of nitrogens with two attached hydrogens (primary N) is 1. The molecule has 0 spiro atoms. The molecular formula is C18H31N5. The standard InChI is InChI=1S/C18H31N5/c1-22-12-6-14-23(16-15-22)13-5-10-20-18(19)21-11-9-17-7-3-2-4-8-17/h2-4,7-8H,5-6,9-16H2,1H3,(H3,19,20,21). The van der Waals surface area contributed by atoms with Crippen molar-refractivity contribution in [1.29, 1.82) is 0 Å². The Bertz CT molecular complexity index is 460. The lowest BCUT2D eigenvalue weighted by atomic mass is 10.1. The van der Waals surface area contributed by atoms with Gasteiger partial charge < -0.3 is 20.9 Å². The van der Waals surface area contributed by atoms with E-state index >= 15 is 0 Å². The molecule has 0 saturated carbocycles. The van der Waals surface area contributed by atoms with Gasteiger partial charge in [0.2, 0.25) is 0 Å². The number of likely N-dealkylation sites (N-methyl/N-ethyl adjacent to an activating group) is 1. The molecule has 1 aromatic carbocycles. The second-order valence-corrected chi connectivity index (χ2v) is 6.28. The summed E-state index contributed by atoms with van der Waals surface area (Å²) in [7, 11) is 2.20. The van der Waals surface area contributed by atoms with Crippen molar-refractivity contribution in [3.05, 3.63) is 35.9 Å². The number of benzene rings is 1. The lowest BCUT2D eigenvalue weighted by Crippen LogP contribution is -2.34. The minimum absolute atomic E-state index is 0.566. The average Bonchev–Trinajstić information content (AvgIpc) is 2.77. The molecule has 0 unspecified atom stereocenters. The molecule has 1 saturated heterocycles. The van der Waals surface area contributed by atoms with Crippen molar-refractivity contribution >= 4 is 5.96 Å². The van der Waals surface area contributed by atoms with Crippen molar-refractivity contribution in [3.63, 3.8) is 0 Å². The van der Waals surface area contributed by atoms with Crippen LogP contribution < -0.4 is 11.1 Å². The summed E-state index contributed by atoms with van der Waals surface area (Å²) in [5.74, 6) is 0.566. The van der Waals surface area contributed by atoms with Gasteiger partial charge in [-0.25, -0.2) is 0 Å². The molecule has 5 nitrogen and oxygen atoms in total. The lowest BCUT2D eigenvalue weighted by molar-refractivity contribution is 0.275. The molecule has 0 bridgehead atoms. The van der Waals surface area contributed by atoms with Crippen LogP contribution in [0.1, 0.15) is 18.4 Å². The largest absolute Gasteiger partial charge is 0.370 e. The van der Waals surface area contributed by atoms with Crippen molar-refractivity contribution in [2.24, 2.45) is 10.7 Å². The lowest BCUT2D eigenvalue weighted by Gasteiger charge is -2.19. The van der Waals surface area contributed by atoms with Crippen molar-refractivity contribution < 1.29 is 0 Å². The summed E-state index contributed by atoms with van der Waals surface area (Å²) in [5.41, 5.74) is 7.24. The van der Waals surface area contributed by atoms with Gasteiger partial charge in [-0.1, -0.05) is 30.3 Å². The molecule has 23 heavy (non-hydrogen) atoms. The first-order chi connectivity index (χ1) is 11.2. The molecule has 1 aromatic rings. The summed E-state index contributed by atoms with van der Waals surface area (Å²) in [5, 5.41) is 3.19. The zero-order valence-corrected chi connectivity index (χ0v) is 14.4. The Morgan fingerprint density at radius 2 is 2.00 bits per heavy atom. The van der Waals surface area contributed by atoms with E-state index in [0.29, 0.717) is 5.96 Å². The van der Waals surface area contributed by atoms with Crippen LogP contribution in [-0.2, 0) is 6.42 Å². The van der Waals surface area contributed by atoms with E-state index < -0.39 is 0 Å². The molecule has 0 aliphatic carbocycles. The molecule has 0 atom stereocenters. The van der Waals surface area contributed by atoms with Crippen molar-refractivity contribution in [2.75, 3.05) is 52.9 Å². The summed E-state index contributed by atoms with van der Waals surface area (Å²) in [6, 6.07) is 10.4. The van der Waals surface area contributed by atoms with Gasteiger partial charge in [0.15, 0.2) is 5.96 Å². The number of hydrogen-bond acceptors (Lipinski definition) is 3. The van der Waals surface area contributed by atoms with Crippen LogP contribution in [0.2, 0.25) is 0 Å². The predicted molar refractivity (Wildman–Crippen MR) is 97.8 cm³/mol. The molecule has 1 fully saturated rings. The molecule has 0 radical (unpaired) electrons. The van der Waals surface area contributed by atoms with E-state index in [9.17, 15) is 0 Å². The van der Waals surface area contributed by atoms with Crippen LogP contribution in [-0.4, -0.2) is 68.6 Å². The summed E-state index contributed by atoms with van der Waals surface area (Å²) < 4.78 is 0. The number of rotatable bonds is 7. The van der Waals surface area contributed by atoms with Gasteiger partial charge in [-0.3, -0.25) is 4.99 Å². The van der Waals surface area contributed by atoms with Crippen LogP contribution >= 0.6 is 0 Å². The fraction of sp³-hybridized carbons (Fsp3) is 0.611. The van der Waals surface area contributed by atoms with Gasteiger partial charge in [0, 0.05) is 26.2 Å². The smallest absolute Gasteiger partial charge is 0.188 e. The zero-order valence-electron chi connectivity index (χ0n) is 14.4. The molecule has 0 amide bonds. The Morgan fingerprint density at radius 1 is 1.17 bits per heavy atom. The molecule has 1 aliphatic rings. The van der Waals surface area contributed by atoms with Crippen LogP contribution in [0.4, 0.5) is 0 Å². The van der Waals surface area contributed by atoms with Crippen LogP contribution in [0, 0.1) is 0 Å². The quantitative estimate of drug-likeness (QED) is 0.450. The highest BCUT2D eigenvalue weighted by Gasteiger charge is 2.10. The number of guanidine groups is 1. The van der Waals surface area contributed by atoms with Gasteiger partial charge in [-0.05, 0) is 51.5 Å². The fourth-order valence-corrected chi connectivity index (χ4v) is 2.85. The summed E-state index contributed by atoms with van der Waals surface area (Å²) in [6.45, 7) is 7.52. The second kappa shape index (κ2) is 10.2. The summed E-state index contributed by atoms with van der Waals surface area (Å²) in [6.07, 6.45) is 3.31. The van der Waals surface area contributed by atoms with E-state index in [1.165, 1.54) is 38.2 Å². The molecule has 1 heterocycles. The van der Waals surface area contributed by atoms with Crippen molar-refractivity contribution in [1.82, 2.24) is 15.1 Å². The highest BCUT2D eigenvalue weighted by molar-refractivity contribution is 5.77. The van der Waals surface area contributed by atoms with Gasteiger partial charge in [-0.2, -0.15) is 0 Å². The maximum absolute atomic E-state index is 5.92. The van der Waals surface area contributed by atoms with E-state index in [1.807, 2.05) is 6.07 Å². The van der Waals surface area contributed by atoms with Crippen LogP contribution in [0.3, 0.4) is 0 Å². The third kappa shape index (κ3) is 7.48. The van der Waals surface area contributed by atoms with Crippen LogP contribution in [0.5, 0.6) is 0 Å². The monoisotopic (exact) mass is 317 g/mol. The van der Waals surface area contributed by atoms with Gasteiger partial charge in [-0.15, -0.1) is 0 Å². The minimum Gasteiger partial charge on any atom is -0.370 e. The normalized spacial score (nSPS) is 17.9. The molecule has 3 N–H and O–H groups in total. The molecule has 2 rings (SSSR count). The third-order valence-corrected chi connectivity index (χ3v) is 4.29. The Morgan fingerprint density at radius 3 is 2.83 bits per heavy atom. The van der Waals surface area contributed by atoms with Crippen molar-refractivity contribution in [3.8, 4) is 0 Å². The summed E-state index contributed by atoms with van der Waals surface area (Å²) in [4.78, 5) is 9.37. The first kappa shape index (κ1) is 17.8. The number of hydrogen-bond donors (Lipinski definition) is 2. The van der Waals surface area contributed by atoms with Crippen molar-refractivity contribution in [2.45, 2.75) is 19.3 Å². The second-order valence-electron chi connectivity index (χ2n) is 6.28. The fourth-order valence-electron chi connectivity index (χ4n) is 2.85. The Kier molecular flexibility index (Phi) is 7.90. The van der Waals surface area contributed by atoms with Gasteiger partial charge >= 0.3 is 0 Å². The molecule has 5 heteroatoms. The van der Waals surface area contributed by atoms with E-state index in [4.69, 9.17) is 5.73 Å². The maximum Gasteiger partial charge on any atom is 0.188 e. The molecule has 1 aliphatic heterocycles. The van der Waals surface area contributed by atoms with E-state index in [0.717, 1.165) is 32.5 Å². The number of aliphatic imine (C=N–C) groups is 1. The Labute approximate surface area is 140 Å². The zero-order chi connectivity index (χ0) is 16.3. The summed E-state index contributed by atoms with van der Waals surface area (Å²) >= 11 is 0. The first-order valence-corrected chi connectivity index (χ1v) is 8.72. The first-order valence-electron chi connectivity index (χ1n) is 8.72. The van der Waals surface area contributed by atoms with E-state index in [1.54, 1.807) is 0 Å². The molecule has 0 aromatic heterocycles. The topological polar surface area (TPSA) is 56.9 Å². The number of nitrogens with zero attached hydrogens (tertiary/aromatic N) is 3. The highest BCUT2D eigenvalue weighted by Crippen LogP contribution is 2.02. The van der Waals surface area contributed by atoms with E-state index in [-0.39, 0.29) is 0 Å². The van der Waals surface area contributed by atoms with Gasteiger partial charge in [0.1, 0.15) is 0 Å². The highest BCUT2D eigenvalue weighted by atomic mass is 15.2. The van der Waals surface area contributed by atoms with E-state index in [2.05, 4.69) is 51.4 Å².